The summed E-state index contributed by atoms with van der Waals surface area (Å²) in [6, 6.07) is 9.12. The fourth-order valence-corrected chi connectivity index (χ4v) is 5.76. The number of ether oxygens (including phenoxy) is 2. The first-order chi connectivity index (χ1) is 13.6. The zero-order valence-corrected chi connectivity index (χ0v) is 19.6. The van der Waals surface area contributed by atoms with Crippen molar-refractivity contribution < 1.29 is 19.1 Å². The van der Waals surface area contributed by atoms with E-state index in [0.29, 0.717) is 24.4 Å². The number of hydrogen-bond donors (Lipinski definition) is 2. The van der Waals surface area contributed by atoms with E-state index in [-0.39, 0.29) is 0 Å². The topological polar surface area (TPSA) is 104 Å². The summed E-state index contributed by atoms with van der Waals surface area (Å²) in [5.41, 5.74) is 6.20. The Morgan fingerprint density at radius 1 is 1.17 bits per heavy atom. The molecule has 2 rings (SSSR count). The minimum absolute atomic E-state index is 0.332. The first kappa shape index (κ1) is 22.9. The van der Waals surface area contributed by atoms with Crippen LogP contribution >= 0.6 is 19.8 Å². The maximum atomic E-state index is 11.9. The molecule has 2 amide bonds. The molecule has 2 aromatic rings. The van der Waals surface area contributed by atoms with Gasteiger partial charge < -0.3 is 0 Å². The number of nitrogens with zero attached hydrogens (tertiary/aromatic N) is 1. The molecule has 0 bridgehead atoms. The van der Waals surface area contributed by atoms with Gasteiger partial charge in [0.05, 0.1) is 0 Å². The van der Waals surface area contributed by atoms with Gasteiger partial charge >= 0.3 is 179 Å². The van der Waals surface area contributed by atoms with Gasteiger partial charge in [-0.3, -0.25) is 0 Å². The molecule has 0 aliphatic carbocycles. The van der Waals surface area contributed by atoms with Crippen LogP contribution in [0.15, 0.2) is 36.5 Å². The number of carbonyl (C=O) groups is 2. The molecule has 158 valence electrons. The first-order valence-electron chi connectivity index (χ1n) is 9.09. The van der Waals surface area contributed by atoms with Crippen LogP contribution in [-0.4, -0.2) is 39.0 Å². The number of halogens is 1. The summed E-state index contributed by atoms with van der Waals surface area (Å²) >= 11 is -1.43. The summed E-state index contributed by atoms with van der Waals surface area (Å²) in [5.74, 6) is 0.632. The molecule has 0 unspecified atom stereocenters. The summed E-state index contributed by atoms with van der Waals surface area (Å²) < 4.78 is 12.5. The van der Waals surface area contributed by atoms with Gasteiger partial charge in [0.2, 0.25) is 0 Å². The van der Waals surface area contributed by atoms with Crippen molar-refractivity contribution in [2.24, 2.45) is 5.73 Å². The van der Waals surface area contributed by atoms with Gasteiger partial charge in [-0.2, -0.15) is 0 Å². The summed E-state index contributed by atoms with van der Waals surface area (Å²) in [6.45, 7) is 5.97. The van der Waals surface area contributed by atoms with Crippen molar-refractivity contribution >= 4 is 31.8 Å². The zero-order valence-electron chi connectivity index (χ0n) is 17.4. The van der Waals surface area contributed by atoms with E-state index in [0.717, 1.165) is 11.3 Å². The Bertz CT molecular complexity index is 861. The van der Waals surface area contributed by atoms with Crippen LogP contribution in [0.5, 0.6) is 11.6 Å². The average molecular weight is 513 g/mol. The number of nitrogens with one attached hydrogen (secondary N) is 1. The first-order valence-corrected chi connectivity index (χ1v) is 14.5. The minimum atomic E-state index is -1.43. The number of carbonyl (C=O) groups excluding carboxylic acids is 2. The molecule has 0 fully saturated rings. The van der Waals surface area contributed by atoms with Crippen molar-refractivity contribution in [1.82, 2.24) is 10.3 Å². The molecule has 3 N–H and O–H groups in total. The van der Waals surface area contributed by atoms with Crippen LogP contribution in [0.25, 0.3) is 0 Å². The third-order valence-electron chi connectivity index (χ3n) is 3.72. The number of amides is 2. The molecular weight excluding hydrogens is 485 g/mol. The predicted molar refractivity (Wildman–Crippen MR) is 122 cm³/mol. The molecule has 29 heavy (non-hydrogen) atoms. The molecule has 1 heterocycles. The van der Waals surface area contributed by atoms with Crippen LogP contribution in [0.1, 0.15) is 36.7 Å². The number of primary amides is 1. The molecule has 0 saturated carbocycles. The van der Waals surface area contributed by atoms with Crippen LogP contribution < -0.4 is 15.8 Å². The van der Waals surface area contributed by atoms with E-state index < -0.39 is 37.4 Å². The second-order valence-electron chi connectivity index (χ2n) is 7.52. The van der Waals surface area contributed by atoms with Gasteiger partial charge in [-0.25, -0.2) is 0 Å². The number of alkyl halides is 2. The van der Waals surface area contributed by atoms with Crippen molar-refractivity contribution in [1.29, 1.82) is 0 Å². The van der Waals surface area contributed by atoms with E-state index in [2.05, 4.69) is 26.2 Å². The van der Waals surface area contributed by atoms with E-state index in [1.54, 1.807) is 12.1 Å². The monoisotopic (exact) mass is 513 g/mol. The Morgan fingerprint density at radius 3 is 2.45 bits per heavy atom. The quantitative estimate of drug-likeness (QED) is 0.431. The van der Waals surface area contributed by atoms with Crippen molar-refractivity contribution in [2.45, 2.75) is 32.8 Å². The van der Waals surface area contributed by atoms with Gasteiger partial charge in [-0.05, 0) is 0 Å². The molecule has 0 aliphatic rings. The van der Waals surface area contributed by atoms with Gasteiger partial charge in [0.25, 0.3) is 0 Å². The van der Waals surface area contributed by atoms with E-state index in [9.17, 15) is 9.59 Å². The van der Waals surface area contributed by atoms with Crippen LogP contribution in [0.2, 0.25) is 0 Å². The van der Waals surface area contributed by atoms with E-state index in [1.165, 1.54) is 9.77 Å². The average Bonchev–Trinajstić information content (AvgIpc) is 2.60. The third kappa shape index (κ3) is 7.19. The molecule has 1 aromatic heterocycles. The second kappa shape index (κ2) is 9.91. The Hall–Kier alpha value is -2.36. The molecule has 0 aliphatic heterocycles. The van der Waals surface area contributed by atoms with E-state index in [1.807, 2.05) is 32.9 Å². The molecule has 0 atom stereocenters. The van der Waals surface area contributed by atoms with Crippen molar-refractivity contribution in [3.8, 4) is 11.6 Å². The molecule has 7 nitrogen and oxygen atoms in total. The van der Waals surface area contributed by atoms with Crippen LogP contribution in [0, 0.1) is 3.57 Å². The maximum absolute atomic E-state index is 11.9. The zero-order chi connectivity index (χ0) is 21.6. The van der Waals surface area contributed by atoms with Gasteiger partial charge in [0.1, 0.15) is 0 Å². The molecule has 1 aromatic carbocycles. The number of benzene rings is 1. The fourth-order valence-electron chi connectivity index (χ4n) is 2.57. The van der Waals surface area contributed by atoms with Crippen LogP contribution in [0.3, 0.4) is 0 Å². The Morgan fingerprint density at radius 2 is 1.90 bits per heavy atom. The SMILES string of the molecule is CI(C)c1c(CCNC(=O)OC(C)(C)C)cccc1Oc1ccc(C(N)=O)cn1. The number of hydrogen-bond acceptors (Lipinski definition) is 5. The number of nitrogens with two attached hydrogens (primary N) is 1. The molecule has 0 radical (unpaired) electrons. The van der Waals surface area contributed by atoms with Crippen molar-refractivity contribution in [3.63, 3.8) is 0 Å². The van der Waals surface area contributed by atoms with Gasteiger partial charge in [0, 0.05) is 0 Å². The number of rotatable bonds is 7. The van der Waals surface area contributed by atoms with Gasteiger partial charge in [-0.15, -0.1) is 0 Å². The Kier molecular flexibility index (Phi) is 7.83. The van der Waals surface area contributed by atoms with Crippen LogP contribution in [0.4, 0.5) is 4.79 Å². The van der Waals surface area contributed by atoms with E-state index >= 15 is 0 Å². The van der Waals surface area contributed by atoms with Gasteiger partial charge in [-0.1, -0.05) is 0 Å². The fraction of sp³-hybridized carbons (Fsp3) is 0.381. The molecular formula is C21H28IN3O4. The second-order valence-corrected chi connectivity index (χ2v) is 12.9. The summed E-state index contributed by atoms with van der Waals surface area (Å²) in [6.07, 6.45) is 1.66. The van der Waals surface area contributed by atoms with Gasteiger partial charge in [0.15, 0.2) is 0 Å². The summed E-state index contributed by atoms with van der Waals surface area (Å²) in [4.78, 5) is 31.7. The molecule has 8 heteroatoms. The number of aromatic nitrogens is 1. The Labute approximate surface area is 178 Å². The number of alkyl carbamates (subject to hydrolysis) is 1. The normalized spacial score (nSPS) is 11.6. The third-order valence-corrected chi connectivity index (χ3v) is 7.10. The number of pyridine rings is 1. The van der Waals surface area contributed by atoms with E-state index in [4.69, 9.17) is 15.2 Å². The van der Waals surface area contributed by atoms with Crippen molar-refractivity contribution in [3.05, 3.63) is 51.2 Å². The summed E-state index contributed by atoms with van der Waals surface area (Å²) in [7, 11) is 0. The summed E-state index contributed by atoms with van der Waals surface area (Å²) in [5, 5.41) is 2.80. The molecule has 0 spiro atoms. The standard InChI is InChI=1S/C21H28IN3O4/c1-21(2,3)29-20(27)24-12-11-14-7-6-8-16(18(14)22(4)5)28-17-10-9-15(13-25-17)19(23)26/h6-10,13H,11-12H2,1-5H3,(H2,23,26)(H,24,27). The van der Waals surface area contributed by atoms with Crippen molar-refractivity contribution in [2.75, 3.05) is 16.4 Å². The Balaban J connectivity index is 2.12. The predicted octanol–water partition coefficient (Wildman–Crippen LogP) is 3.98. The van der Waals surface area contributed by atoms with Crippen LogP contribution in [-0.2, 0) is 11.2 Å². The molecule has 0 saturated heterocycles.